The van der Waals surface area contributed by atoms with E-state index in [4.69, 9.17) is 9.47 Å². The number of benzene rings is 2. The summed E-state index contributed by atoms with van der Waals surface area (Å²) in [6.45, 7) is 2.54. The number of ether oxygens (including phenoxy) is 2. The molecule has 0 bridgehead atoms. The third-order valence-electron chi connectivity index (χ3n) is 5.63. The Morgan fingerprint density at radius 1 is 1.09 bits per heavy atom. The van der Waals surface area contributed by atoms with E-state index in [1.54, 1.807) is 20.4 Å². The van der Waals surface area contributed by atoms with Crippen LogP contribution in [0.4, 0.5) is 0 Å². The van der Waals surface area contributed by atoms with Crippen LogP contribution in [0.2, 0.25) is 0 Å². The van der Waals surface area contributed by atoms with E-state index in [-0.39, 0.29) is 24.0 Å². The van der Waals surface area contributed by atoms with Gasteiger partial charge in [-0.25, -0.2) is 4.68 Å². The van der Waals surface area contributed by atoms with Gasteiger partial charge in [-0.05, 0) is 59.9 Å². The molecular formula is C24H30IN5O2. The van der Waals surface area contributed by atoms with Crippen molar-refractivity contribution in [2.45, 2.75) is 19.4 Å². The van der Waals surface area contributed by atoms with Crippen molar-refractivity contribution in [3.05, 3.63) is 71.5 Å². The molecule has 1 aromatic heterocycles. The van der Waals surface area contributed by atoms with Crippen LogP contribution >= 0.6 is 24.0 Å². The first-order chi connectivity index (χ1) is 15.2. The maximum Gasteiger partial charge on any atom is 0.193 e. The highest BCUT2D eigenvalue weighted by Gasteiger charge is 2.21. The lowest BCUT2D eigenvalue weighted by molar-refractivity contribution is 0.346. The highest BCUT2D eigenvalue weighted by atomic mass is 127. The lowest BCUT2D eigenvalue weighted by Gasteiger charge is -2.32. The zero-order valence-electron chi connectivity index (χ0n) is 18.7. The molecule has 7 nitrogen and oxygen atoms in total. The van der Waals surface area contributed by atoms with E-state index >= 15 is 0 Å². The Hall–Kier alpha value is -2.75. The van der Waals surface area contributed by atoms with Crippen molar-refractivity contribution in [1.82, 2.24) is 20.0 Å². The first-order valence-corrected chi connectivity index (χ1v) is 10.5. The summed E-state index contributed by atoms with van der Waals surface area (Å²) in [7, 11) is 5.19. The van der Waals surface area contributed by atoms with Crippen LogP contribution in [-0.4, -0.2) is 55.0 Å². The second-order valence-electron chi connectivity index (χ2n) is 7.49. The fourth-order valence-corrected chi connectivity index (χ4v) is 3.95. The number of nitrogens with zero attached hydrogens (tertiary/aromatic N) is 4. The molecule has 0 radical (unpaired) electrons. The lowest BCUT2D eigenvalue weighted by atomic mass is 9.99. The van der Waals surface area contributed by atoms with E-state index in [0.29, 0.717) is 0 Å². The highest BCUT2D eigenvalue weighted by Crippen LogP contribution is 2.33. The Balaban J connectivity index is 0.00000289. The standard InChI is InChI=1S/C24H29N5O2.HI/c1-25-24(26-12-9-18-5-7-21(8-6-18)29-13-4-11-27-29)28-14-10-19-15-22(30-2)23(31-3)16-20(19)17-28;/h4-8,11,13,15-16H,9-10,12,14,17H2,1-3H3,(H,25,26);1H. The Kier molecular flexibility index (Phi) is 8.38. The van der Waals surface area contributed by atoms with Gasteiger partial charge in [0, 0.05) is 39.1 Å². The second-order valence-corrected chi connectivity index (χ2v) is 7.49. The summed E-state index contributed by atoms with van der Waals surface area (Å²) in [5, 5.41) is 7.78. The van der Waals surface area contributed by atoms with Crippen molar-refractivity contribution >= 4 is 29.9 Å². The van der Waals surface area contributed by atoms with Gasteiger partial charge in [-0.2, -0.15) is 5.10 Å². The van der Waals surface area contributed by atoms with Gasteiger partial charge in [-0.15, -0.1) is 24.0 Å². The van der Waals surface area contributed by atoms with Crippen LogP contribution in [0.5, 0.6) is 11.5 Å². The van der Waals surface area contributed by atoms with Crippen molar-refractivity contribution in [2.24, 2.45) is 4.99 Å². The smallest absolute Gasteiger partial charge is 0.193 e. The van der Waals surface area contributed by atoms with Crippen molar-refractivity contribution in [1.29, 1.82) is 0 Å². The zero-order valence-corrected chi connectivity index (χ0v) is 21.1. The molecule has 170 valence electrons. The Bertz CT molecular complexity index is 1040. The first kappa shape index (κ1) is 23.9. The van der Waals surface area contributed by atoms with Crippen LogP contribution in [0.25, 0.3) is 5.69 Å². The number of hydrogen-bond acceptors (Lipinski definition) is 4. The van der Waals surface area contributed by atoms with E-state index in [1.165, 1.54) is 16.7 Å². The Morgan fingerprint density at radius 3 is 2.44 bits per heavy atom. The molecule has 0 amide bonds. The molecule has 1 aliphatic rings. The van der Waals surface area contributed by atoms with Crippen LogP contribution in [-0.2, 0) is 19.4 Å². The van der Waals surface area contributed by atoms with Crippen LogP contribution in [0.3, 0.4) is 0 Å². The van der Waals surface area contributed by atoms with Crippen LogP contribution in [0, 0.1) is 0 Å². The fourth-order valence-electron chi connectivity index (χ4n) is 3.95. The average molecular weight is 547 g/mol. The molecule has 8 heteroatoms. The lowest BCUT2D eigenvalue weighted by Crippen LogP contribution is -2.44. The third-order valence-corrected chi connectivity index (χ3v) is 5.63. The number of fused-ring (bicyclic) bond motifs is 1. The number of methoxy groups -OCH3 is 2. The van der Waals surface area contributed by atoms with E-state index in [1.807, 2.05) is 24.0 Å². The molecule has 2 aromatic carbocycles. The molecule has 0 unspecified atom stereocenters. The number of halogens is 1. The topological polar surface area (TPSA) is 63.9 Å². The van der Waals surface area contributed by atoms with E-state index < -0.39 is 0 Å². The van der Waals surface area contributed by atoms with Gasteiger partial charge in [0.05, 0.1) is 19.9 Å². The maximum atomic E-state index is 5.48. The molecule has 2 heterocycles. The molecule has 0 saturated heterocycles. The minimum atomic E-state index is 0. The molecule has 0 atom stereocenters. The number of hydrogen-bond donors (Lipinski definition) is 1. The van der Waals surface area contributed by atoms with E-state index in [2.05, 4.69) is 56.7 Å². The Morgan fingerprint density at radius 2 is 1.81 bits per heavy atom. The van der Waals surface area contributed by atoms with Crippen LogP contribution in [0.1, 0.15) is 16.7 Å². The molecule has 1 aliphatic heterocycles. The maximum absolute atomic E-state index is 5.48. The van der Waals surface area contributed by atoms with Crippen molar-refractivity contribution < 1.29 is 9.47 Å². The van der Waals surface area contributed by atoms with Crippen LogP contribution < -0.4 is 14.8 Å². The average Bonchev–Trinajstić information content (AvgIpc) is 3.36. The summed E-state index contributed by atoms with van der Waals surface area (Å²) in [4.78, 5) is 6.79. The summed E-state index contributed by atoms with van der Waals surface area (Å²) in [6.07, 6.45) is 5.61. The van der Waals surface area contributed by atoms with Gasteiger partial charge in [0.1, 0.15) is 0 Å². The minimum Gasteiger partial charge on any atom is -0.493 e. The zero-order chi connectivity index (χ0) is 21.6. The highest BCUT2D eigenvalue weighted by molar-refractivity contribution is 14.0. The van der Waals surface area contributed by atoms with Gasteiger partial charge >= 0.3 is 0 Å². The molecular weight excluding hydrogens is 517 g/mol. The monoisotopic (exact) mass is 547 g/mol. The molecule has 3 aromatic rings. The van der Waals surface area contributed by atoms with Gasteiger partial charge in [0.15, 0.2) is 17.5 Å². The number of aliphatic imine (C=N–C) groups is 1. The predicted octanol–water partition coefficient (Wildman–Crippen LogP) is 3.68. The summed E-state index contributed by atoms with van der Waals surface area (Å²) < 4.78 is 12.8. The quantitative estimate of drug-likeness (QED) is 0.290. The SMILES string of the molecule is CN=C(NCCc1ccc(-n2cccn2)cc1)N1CCc2cc(OC)c(OC)cc2C1.I. The second kappa shape index (κ2) is 11.2. The molecule has 1 N–H and O–H groups in total. The van der Waals surface area contributed by atoms with Crippen molar-refractivity contribution in [3.8, 4) is 17.2 Å². The van der Waals surface area contributed by atoms with Gasteiger partial charge in [0.2, 0.25) is 0 Å². The molecule has 0 saturated carbocycles. The van der Waals surface area contributed by atoms with E-state index in [9.17, 15) is 0 Å². The molecule has 32 heavy (non-hydrogen) atoms. The van der Waals surface area contributed by atoms with Crippen LogP contribution in [0.15, 0.2) is 59.9 Å². The largest absolute Gasteiger partial charge is 0.493 e. The summed E-state index contributed by atoms with van der Waals surface area (Å²) in [6, 6.07) is 14.6. The third kappa shape index (κ3) is 5.35. The summed E-state index contributed by atoms with van der Waals surface area (Å²) in [5.41, 5.74) is 4.90. The first-order valence-electron chi connectivity index (χ1n) is 10.5. The number of guanidine groups is 1. The summed E-state index contributed by atoms with van der Waals surface area (Å²) in [5.74, 6) is 2.48. The molecule has 0 aliphatic carbocycles. The fraction of sp³-hybridized carbons (Fsp3) is 0.333. The van der Waals surface area contributed by atoms with Crippen molar-refractivity contribution in [3.63, 3.8) is 0 Å². The molecule has 4 rings (SSSR count). The Labute approximate surface area is 206 Å². The molecule has 0 fully saturated rings. The predicted molar refractivity (Wildman–Crippen MR) is 138 cm³/mol. The number of nitrogens with one attached hydrogen (secondary N) is 1. The minimum absolute atomic E-state index is 0. The number of aromatic nitrogens is 2. The molecule has 0 spiro atoms. The van der Waals surface area contributed by atoms with Gasteiger partial charge in [-0.1, -0.05) is 12.1 Å². The summed E-state index contributed by atoms with van der Waals surface area (Å²) >= 11 is 0. The van der Waals surface area contributed by atoms with Gasteiger partial charge in [0.25, 0.3) is 0 Å². The van der Waals surface area contributed by atoms with E-state index in [0.717, 1.165) is 55.6 Å². The van der Waals surface area contributed by atoms with Gasteiger partial charge < -0.3 is 19.7 Å². The number of rotatable bonds is 6. The van der Waals surface area contributed by atoms with Gasteiger partial charge in [-0.3, -0.25) is 4.99 Å². The van der Waals surface area contributed by atoms with Crippen molar-refractivity contribution in [2.75, 3.05) is 34.4 Å². The normalized spacial score (nSPS) is 13.2.